The summed E-state index contributed by atoms with van der Waals surface area (Å²) in [5, 5.41) is 1.86. The van der Waals surface area contributed by atoms with Crippen LogP contribution in [0.2, 0.25) is 0 Å². The maximum atomic E-state index is 13.3. The van der Waals surface area contributed by atoms with E-state index in [0.29, 0.717) is 11.1 Å². The van der Waals surface area contributed by atoms with Crippen molar-refractivity contribution in [2.45, 2.75) is 11.4 Å². The molecule has 0 heterocycles. The zero-order valence-electron chi connectivity index (χ0n) is 15.4. The average Bonchev–Trinajstić information content (AvgIpc) is 2.70. The Morgan fingerprint density at radius 2 is 1.33 bits per heavy atom. The number of amides is 1. The predicted octanol–water partition coefficient (Wildman–Crippen LogP) is 6.44. The number of thioether (sulfide) groups is 1. The van der Waals surface area contributed by atoms with Gasteiger partial charge in [0.25, 0.3) is 0 Å². The highest BCUT2D eigenvalue weighted by Gasteiger charge is 2.33. The fraction of sp³-hybridized carbons (Fsp3) is 0.136. The maximum absolute atomic E-state index is 13.3. The first-order chi connectivity index (χ1) is 14.2. The third-order valence-electron chi connectivity index (χ3n) is 4.23. The Labute approximate surface area is 174 Å². The Morgan fingerprint density at radius 1 is 0.833 bits per heavy atom. The Kier molecular flexibility index (Phi) is 6.77. The van der Waals surface area contributed by atoms with E-state index in [9.17, 15) is 26.7 Å². The Morgan fingerprint density at radius 3 is 1.83 bits per heavy atom. The molecule has 2 nitrogen and oxygen atoms in total. The molecule has 0 aliphatic carbocycles. The first-order valence-corrected chi connectivity index (χ1v) is 9.87. The van der Waals surface area contributed by atoms with Crippen LogP contribution in [0.5, 0.6) is 0 Å². The number of para-hydroxylation sites is 1. The lowest BCUT2D eigenvalue weighted by molar-refractivity contribution is -0.137. The fourth-order valence-corrected chi connectivity index (χ4v) is 3.93. The van der Waals surface area contributed by atoms with Gasteiger partial charge in [0.1, 0.15) is 11.6 Å². The van der Waals surface area contributed by atoms with Crippen molar-refractivity contribution in [2.75, 3.05) is 11.1 Å². The molecular formula is C22H16F5NOS. The second-order valence-corrected chi connectivity index (χ2v) is 7.48. The summed E-state index contributed by atoms with van der Waals surface area (Å²) in [4.78, 5) is 12.3. The van der Waals surface area contributed by atoms with Crippen molar-refractivity contribution in [3.05, 3.63) is 101 Å². The van der Waals surface area contributed by atoms with Crippen molar-refractivity contribution in [2.24, 2.45) is 0 Å². The molecule has 0 aliphatic rings. The van der Waals surface area contributed by atoms with Crippen molar-refractivity contribution in [1.29, 1.82) is 0 Å². The van der Waals surface area contributed by atoms with Gasteiger partial charge in [-0.2, -0.15) is 13.2 Å². The van der Waals surface area contributed by atoms with Crippen LogP contribution in [0.15, 0.2) is 72.8 Å². The number of carbonyl (C=O) groups is 1. The first-order valence-electron chi connectivity index (χ1n) is 8.82. The summed E-state index contributed by atoms with van der Waals surface area (Å²) >= 11 is 1.14. The summed E-state index contributed by atoms with van der Waals surface area (Å²) in [7, 11) is 0. The monoisotopic (exact) mass is 437 g/mol. The van der Waals surface area contributed by atoms with Crippen LogP contribution in [-0.2, 0) is 11.0 Å². The molecule has 0 aliphatic heterocycles. The van der Waals surface area contributed by atoms with Crippen molar-refractivity contribution in [1.82, 2.24) is 0 Å². The number of hydrogen-bond donors (Lipinski definition) is 1. The lowest BCUT2D eigenvalue weighted by Crippen LogP contribution is -2.18. The van der Waals surface area contributed by atoms with Crippen molar-refractivity contribution < 1.29 is 26.7 Å². The molecule has 0 spiro atoms. The molecule has 3 rings (SSSR count). The lowest BCUT2D eigenvalue weighted by atomic mass is 10.0. The van der Waals surface area contributed by atoms with Gasteiger partial charge >= 0.3 is 6.18 Å². The van der Waals surface area contributed by atoms with E-state index < -0.39 is 34.5 Å². The summed E-state index contributed by atoms with van der Waals surface area (Å²) < 4.78 is 65.9. The molecule has 3 aromatic carbocycles. The van der Waals surface area contributed by atoms with E-state index in [2.05, 4.69) is 5.32 Å². The number of anilines is 1. The van der Waals surface area contributed by atoms with Gasteiger partial charge in [-0.3, -0.25) is 4.79 Å². The number of rotatable bonds is 6. The zero-order valence-corrected chi connectivity index (χ0v) is 16.2. The van der Waals surface area contributed by atoms with Gasteiger partial charge in [-0.05, 0) is 47.5 Å². The standard InChI is InChI=1S/C22H16F5NOS/c23-16-9-5-14(6-10-16)21(15-7-11-17(24)12-8-15)30-13-20(29)28-19-4-2-1-3-18(19)22(25,26)27/h1-12,21H,13H2,(H,28,29). The highest BCUT2D eigenvalue weighted by atomic mass is 32.2. The van der Waals surface area contributed by atoms with Gasteiger partial charge in [0.2, 0.25) is 5.91 Å². The largest absolute Gasteiger partial charge is 0.418 e. The second kappa shape index (κ2) is 9.30. The van der Waals surface area contributed by atoms with Gasteiger partial charge in [-0.15, -0.1) is 11.8 Å². The molecule has 30 heavy (non-hydrogen) atoms. The average molecular weight is 437 g/mol. The molecule has 0 unspecified atom stereocenters. The molecule has 0 aromatic heterocycles. The van der Waals surface area contributed by atoms with Gasteiger partial charge in [0.15, 0.2) is 0 Å². The van der Waals surface area contributed by atoms with Crippen LogP contribution >= 0.6 is 11.8 Å². The highest BCUT2D eigenvalue weighted by molar-refractivity contribution is 8.00. The summed E-state index contributed by atoms with van der Waals surface area (Å²) in [5.74, 6) is -1.64. The van der Waals surface area contributed by atoms with Crippen LogP contribution in [0.1, 0.15) is 21.9 Å². The quantitative estimate of drug-likeness (QED) is 0.450. The summed E-state index contributed by atoms with van der Waals surface area (Å²) in [6.07, 6.45) is -4.60. The maximum Gasteiger partial charge on any atom is 0.418 e. The topological polar surface area (TPSA) is 29.1 Å². The van der Waals surface area contributed by atoms with Crippen LogP contribution in [0, 0.1) is 11.6 Å². The van der Waals surface area contributed by atoms with Crippen molar-refractivity contribution in [3.63, 3.8) is 0 Å². The molecule has 0 bridgehead atoms. The molecule has 0 radical (unpaired) electrons. The minimum absolute atomic E-state index is 0.161. The lowest BCUT2D eigenvalue weighted by Gasteiger charge is -2.18. The van der Waals surface area contributed by atoms with E-state index in [1.165, 1.54) is 42.5 Å². The van der Waals surface area contributed by atoms with Gasteiger partial charge in [0, 0.05) is 0 Å². The predicted molar refractivity (Wildman–Crippen MR) is 107 cm³/mol. The molecule has 0 saturated carbocycles. The van der Waals surface area contributed by atoms with E-state index in [1.807, 2.05) is 0 Å². The molecule has 0 fully saturated rings. The number of nitrogens with one attached hydrogen (secondary N) is 1. The molecule has 3 aromatic rings. The molecule has 1 amide bonds. The zero-order chi connectivity index (χ0) is 21.7. The summed E-state index contributed by atoms with van der Waals surface area (Å²) in [6, 6.07) is 16.0. The van der Waals surface area contributed by atoms with Crippen LogP contribution in [-0.4, -0.2) is 11.7 Å². The number of carbonyl (C=O) groups excluding carboxylic acids is 1. The highest BCUT2D eigenvalue weighted by Crippen LogP contribution is 2.37. The minimum Gasteiger partial charge on any atom is -0.325 e. The van der Waals surface area contributed by atoms with Crippen LogP contribution in [0.4, 0.5) is 27.6 Å². The van der Waals surface area contributed by atoms with Crippen molar-refractivity contribution in [3.8, 4) is 0 Å². The fourth-order valence-electron chi connectivity index (χ4n) is 2.84. The molecular weight excluding hydrogens is 421 g/mol. The third kappa shape index (κ3) is 5.60. The summed E-state index contributed by atoms with van der Waals surface area (Å²) in [5.41, 5.74) is 0.0979. The van der Waals surface area contributed by atoms with Gasteiger partial charge in [-0.1, -0.05) is 36.4 Å². The van der Waals surface area contributed by atoms with E-state index in [4.69, 9.17) is 0 Å². The number of alkyl halides is 3. The van der Waals surface area contributed by atoms with E-state index in [1.54, 1.807) is 24.3 Å². The molecule has 0 atom stereocenters. The SMILES string of the molecule is O=C(CSC(c1ccc(F)cc1)c1ccc(F)cc1)Nc1ccccc1C(F)(F)F. The summed E-state index contributed by atoms with van der Waals surface area (Å²) in [6.45, 7) is 0. The number of halogens is 5. The Bertz CT molecular complexity index is 958. The van der Waals surface area contributed by atoms with E-state index in [0.717, 1.165) is 17.8 Å². The van der Waals surface area contributed by atoms with Crippen molar-refractivity contribution >= 4 is 23.4 Å². The van der Waals surface area contributed by atoms with Crippen LogP contribution in [0.25, 0.3) is 0 Å². The second-order valence-electron chi connectivity index (χ2n) is 6.39. The van der Waals surface area contributed by atoms with Gasteiger partial charge in [-0.25, -0.2) is 8.78 Å². The van der Waals surface area contributed by atoms with Crippen LogP contribution < -0.4 is 5.32 Å². The van der Waals surface area contributed by atoms with E-state index in [-0.39, 0.29) is 11.4 Å². The number of benzene rings is 3. The molecule has 0 saturated heterocycles. The Hall–Kier alpha value is -2.87. The molecule has 1 N–H and O–H groups in total. The molecule has 8 heteroatoms. The van der Waals surface area contributed by atoms with Gasteiger partial charge < -0.3 is 5.32 Å². The van der Waals surface area contributed by atoms with Crippen LogP contribution in [0.3, 0.4) is 0 Å². The third-order valence-corrected chi connectivity index (χ3v) is 5.54. The van der Waals surface area contributed by atoms with E-state index >= 15 is 0 Å². The normalized spacial score (nSPS) is 11.5. The smallest absolute Gasteiger partial charge is 0.325 e. The Balaban J connectivity index is 1.77. The van der Waals surface area contributed by atoms with Gasteiger partial charge in [0.05, 0.1) is 22.3 Å². The first kappa shape index (κ1) is 21.8. The molecule has 156 valence electrons. The minimum atomic E-state index is -4.60. The number of hydrogen-bond acceptors (Lipinski definition) is 2.